The van der Waals surface area contributed by atoms with E-state index in [-0.39, 0.29) is 11.9 Å². The van der Waals surface area contributed by atoms with Crippen LogP contribution in [-0.2, 0) is 9.59 Å². The van der Waals surface area contributed by atoms with Crippen molar-refractivity contribution in [1.82, 2.24) is 0 Å². The fourth-order valence-corrected chi connectivity index (χ4v) is 3.91. The first-order valence-electron chi connectivity index (χ1n) is 12.3. The lowest BCUT2D eigenvalue weighted by Crippen LogP contribution is -2.12. The van der Waals surface area contributed by atoms with Crippen LogP contribution in [0.3, 0.4) is 0 Å². The van der Waals surface area contributed by atoms with Gasteiger partial charge in [0.2, 0.25) is 0 Å². The molecule has 1 aromatic carbocycles. The van der Waals surface area contributed by atoms with Crippen LogP contribution in [-0.4, -0.2) is 11.9 Å². The van der Waals surface area contributed by atoms with Gasteiger partial charge in [0.05, 0.1) is 0 Å². The molecule has 0 unspecified atom stereocenters. The normalized spacial score (nSPS) is 10.8. The molecular weight excluding hydrogens is 503 g/mol. The van der Waals surface area contributed by atoms with Crippen LogP contribution < -0.4 is 9.47 Å². The number of benzene rings is 1. The SMILES string of the molecule is CCCCCCCCCC(=O)Oc1ccc(I)cc1OC(=O)CCCCCCCCC. The molecule has 1 rings (SSSR count). The van der Waals surface area contributed by atoms with Crippen LogP contribution in [0.2, 0.25) is 0 Å². The Morgan fingerprint density at radius 3 is 1.55 bits per heavy atom. The largest absolute Gasteiger partial charge is 0.423 e. The third-order valence-corrected chi connectivity index (χ3v) is 5.99. The summed E-state index contributed by atoms with van der Waals surface area (Å²) >= 11 is 2.16. The van der Waals surface area contributed by atoms with Gasteiger partial charge in [-0.1, -0.05) is 90.9 Å². The van der Waals surface area contributed by atoms with Crippen molar-refractivity contribution in [3.05, 3.63) is 21.8 Å². The maximum atomic E-state index is 12.3. The summed E-state index contributed by atoms with van der Waals surface area (Å²) in [7, 11) is 0. The Labute approximate surface area is 203 Å². The molecule has 0 atom stereocenters. The van der Waals surface area contributed by atoms with Gasteiger partial charge in [0, 0.05) is 16.4 Å². The summed E-state index contributed by atoms with van der Waals surface area (Å²) in [6, 6.07) is 5.31. The molecule has 31 heavy (non-hydrogen) atoms. The van der Waals surface area contributed by atoms with Crippen molar-refractivity contribution in [2.24, 2.45) is 0 Å². The van der Waals surface area contributed by atoms with Gasteiger partial charge >= 0.3 is 11.9 Å². The number of ether oxygens (including phenoxy) is 2. The number of carbonyl (C=O) groups is 2. The lowest BCUT2D eigenvalue weighted by Gasteiger charge is -2.11. The van der Waals surface area contributed by atoms with Crippen molar-refractivity contribution >= 4 is 34.5 Å². The smallest absolute Gasteiger partial charge is 0.311 e. The molecule has 0 aliphatic carbocycles. The molecule has 0 aromatic heterocycles. The number of rotatable bonds is 18. The van der Waals surface area contributed by atoms with Gasteiger partial charge in [-0.15, -0.1) is 0 Å². The predicted molar refractivity (Wildman–Crippen MR) is 136 cm³/mol. The number of halogens is 1. The van der Waals surface area contributed by atoms with Crippen molar-refractivity contribution in [2.45, 2.75) is 117 Å². The highest BCUT2D eigenvalue weighted by Crippen LogP contribution is 2.30. The van der Waals surface area contributed by atoms with Gasteiger partial charge in [-0.2, -0.15) is 0 Å². The van der Waals surface area contributed by atoms with E-state index in [1.54, 1.807) is 12.1 Å². The molecule has 0 aliphatic heterocycles. The van der Waals surface area contributed by atoms with Crippen LogP contribution in [0, 0.1) is 3.57 Å². The van der Waals surface area contributed by atoms with E-state index < -0.39 is 0 Å². The molecule has 0 saturated carbocycles. The van der Waals surface area contributed by atoms with Gasteiger partial charge in [0.1, 0.15) is 0 Å². The van der Waals surface area contributed by atoms with Crippen LogP contribution in [0.15, 0.2) is 18.2 Å². The molecule has 0 spiro atoms. The van der Waals surface area contributed by atoms with Crippen molar-refractivity contribution < 1.29 is 19.1 Å². The highest BCUT2D eigenvalue weighted by molar-refractivity contribution is 14.1. The Balaban J connectivity index is 2.36. The Bertz CT molecular complexity index is 630. The third-order valence-electron chi connectivity index (χ3n) is 5.32. The van der Waals surface area contributed by atoms with Crippen LogP contribution in [0.5, 0.6) is 11.5 Å². The lowest BCUT2D eigenvalue weighted by atomic mass is 10.1. The second-order valence-electron chi connectivity index (χ2n) is 8.28. The van der Waals surface area contributed by atoms with E-state index in [1.807, 2.05) is 6.07 Å². The van der Waals surface area contributed by atoms with Gasteiger partial charge in [0.15, 0.2) is 11.5 Å². The van der Waals surface area contributed by atoms with Gasteiger partial charge in [0.25, 0.3) is 0 Å². The van der Waals surface area contributed by atoms with E-state index in [0.717, 1.165) is 42.1 Å². The Hall–Kier alpha value is -1.11. The molecule has 4 nitrogen and oxygen atoms in total. The summed E-state index contributed by atoms with van der Waals surface area (Å²) in [5.41, 5.74) is 0. The maximum Gasteiger partial charge on any atom is 0.311 e. The number of hydrogen-bond donors (Lipinski definition) is 0. The Morgan fingerprint density at radius 2 is 1.06 bits per heavy atom. The van der Waals surface area contributed by atoms with E-state index in [9.17, 15) is 9.59 Å². The lowest BCUT2D eigenvalue weighted by molar-refractivity contribution is -0.137. The third kappa shape index (κ3) is 14.6. The molecule has 5 heteroatoms. The second kappa shape index (κ2) is 18.5. The molecule has 0 radical (unpaired) electrons. The molecule has 0 aliphatic rings. The minimum atomic E-state index is -0.265. The monoisotopic (exact) mass is 544 g/mol. The van der Waals surface area contributed by atoms with Crippen molar-refractivity contribution in [2.75, 3.05) is 0 Å². The Kier molecular flexibility index (Phi) is 16.6. The second-order valence-corrected chi connectivity index (χ2v) is 9.53. The van der Waals surface area contributed by atoms with E-state index in [1.165, 1.54) is 51.4 Å². The standard InChI is InChI=1S/C26H41IO4/c1-3-5-7-9-11-13-15-17-25(28)30-23-20-19-22(27)21-24(23)31-26(29)18-16-14-12-10-8-6-4-2/h19-21H,3-18H2,1-2H3. The van der Waals surface area contributed by atoms with E-state index in [4.69, 9.17) is 9.47 Å². The highest BCUT2D eigenvalue weighted by atomic mass is 127. The number of esters is 2. The van der Waals surface area contributed by atoms with Crippen LogP contribution in [0.4, 0.5) is 0 Å². The average Bonchev–Trinajstić information content (AvgIpc) is 2.74. The molecule has 0 saturated heterocycles. The fraction of sp³-hybridized carbons (Fsp3) is 0.692. The van der Waals surface area contributed by atoms with Crippen LogP contribution in [0.25, 0.3) is 0 Å². The first-order chi connectivity index (χ1) is 15.1. The topological polar surface area (TPSA) is 52.6 Å². The van der Waals surface area contributed by atoms with E-state index >= 15 is 0 Å². The molecule has 0 amide bonds. The Morgan fingerprint density at radius 1 is 0.645 bits per heavy atom. The van der Waals surface area contributed by atoms with Crippen molar-refractivity contribution in [3.63, 3.8) is 0 Å². The summed E-state index contributed by atoms with van der Waals surface area (Å²) < 4.78 is 12.0. The van der Waals surface area contributed by atoms with Gasteiger partial charge in [-0.25, -0.2) is 0 Å². The van der Waals surface area contributed by atoms with Crippen LogP contribution in [0.1, 0.15) is 117 Å². The quantitative estimate of drug-likeness (QED) is 0.0806. The summed E-state index contributed by atoms with van der Waals surface area (Å²) in [4.78, 5) is 24.5. The molecule has 1 aromatic rings. The average molecular weight is 545 g/mol. The summed E-state index contributed by atoms with van der Waals surface area (Å²) in [6.45, 7) is 4.42. The molecule has 0 N–H and O–H groups in total. The number of unbranched alkanes of at least 4 members (excludes halogenated alkanes) is 12. The van der Waals surface area contributed by atoms with E-state index in [2.05, 4.69) is 36.4 Å². The van der Waals surface area contributed by atoms with Crippen molar-refractivity contribution in [1.29, 1.82) is 0 Å². The molecular formula is C26H41IO4. The van der Waals surface area contributed by atoms with Crippen molar-refractivity contribution in [3.8, 4) is 11.5 Å². The van der Waals surface area contributed by atoms with Gasteiger partial charge in [-0.3, -0.25) is 9.59 Å². The zero-order valence-electron chi connectivity index (χ0n) is 19.6. The fourth-order valence-electron chi connectivity index (χ4n) is 3.45. The summed E-state index contributed by atoms with van der Waals surface area (Å²) in [6.07, 6.45) is 17.0. The van der Waals surface area contributed by atoms with Gasteiger partial charge < -0.3 is 9.47 Å². The minimum absolute atomic E-state index is 0.264. The minimum Gasteiger partial charge on any atom is -0.423 e. The van der Waals surface area contributed by atoms with Crippen LogP contribution >= 0.6 is 22.6 Å². The maximum absolute atomic E-state index is 12.3. The molecule has 0 fully saturated rings. The zero-order valence-corrected chi connectivity index (χ0v) is 21.7. The number of hydrogen-bond acceptors (Lipinski definition) is 4. The zero-order chi connectivity index (χ0) is 22.7. The summed E-state index contributed by atoms with van der Waals surface area (Å²) in [5, 5.41) is 0. The highest BCUT2D eigenvalue weighted by Gasteiger charge is 2.14. The predicted octanol–water partition coefficient (Wildman–Crippen LogP) is 8.38. The number of carbonyl (C=O) groups excluding carboxylic acids is 2. The summed E-state index contributed by atoms with van der Waals surface area (Å²) in [5.74, 6) is 0.146. The van der Waals surface area contributed by atoms with Gasteiger partial charge in [-0.05, 0) is 53.6 Å². The first kappa shape index (κ1) is 27.9. The first-order valence-corrected chi connectivity index (χ1v) is 13.4. The van der Waals surface area contributed by atoms with E-state index in [0.29, 0.717) is 24.3 Å². The molecule has 0 bridgehead atoms. The molecule has 176 valence electrons. The molecule has 0 heterocycles.